The van der Waals surface area contributed by atoms with Crippen LogP contribution in [-0.4, -0.2) is 33.7 Å². The Bertz CT molecular complexity index is 144. The van der Waals surface area contributed by atoms with Crippen LogP contribution in [0, 0.1) is 0 Å². The predicted molar refractivity (Wildman–Crippen MR) is 59.8 cm³/mol. The molecule has 0 aliphatic carbocycles. The van der Waals surface area contributed by atoms with Gasteiger partial charge in [0.15, 0.2) is 0 Å². The fourth-order valence-corrected chi connectivity index (χ4v) is 2.33. The van der Waals surface area contributed by atoms with Gasteiger partial charge >= 0.3 is 11.9 Å². The Morgan fingerprint density at radius 1 is 0.923 bits per heavy atom. The van der Waals surface area contributed by atoms with Crippen molar-refractivity contribution in [2.45, 2.75) is 12.8 Å². The number of hydrogen-bond donors (Lipinski definition) is 2. The summed E-state index contributed by atoms with van der Waals surface area (Å²) < 4.78 is 0. The van der Waals surface area contributed by atoms with Gasteiger partial charge in [-0.05, 0) is 0 Å². The second-order valence-corrected chi connectivity index (χ2v) is 4.63. The molecule has 0 heterocycles. The van der Waals surface area contributed by atoms with Crippen LogP contribution in [0.1, 0.15) is 12.8 Å². The molecule has 0 saturated heterocycles. The molecular weight excluding hydrogens is 232 g/mol. The van der Waals surface area contributed by atoms with Gasteiger partial charge in [-0.2, -0.15) is 13.5 Å². The van der Waals surface area contributed by atoms with Gasteiger partial charge in [-0.15, -0.1) is 0 Å². The zero-order valence-corrected chi connectivity index (χ0v) is 9.49. The Kier molecular flexibility index (Phi) is 12.0. The highest BCUT2D eigenvalue weighted by molar-refractivity contribution is 8.76. The number of carboxylic acid groups (broad SMARTS) is 2. The summed E-state index contributed by atoms with van der Waals surface area (Å²) in [7, 11) is 2.79. The molecule has 0 aliphatic rings. The first-order valence-corrected chi connectivity index (χ1v) is 5.79. The lowest BCUT2D eigenvalue weighted by Crippen LogP contribution is -1.96. The first kappa shape index (κ1) is 15.5. The average molecular weight is 244 g/mol. The van der Waals surface area contributed by atoms with E-state index in [1.54, 1.807) is 0 Å². The molecule has 7 heteroatoms. The van der Waals surface area contributed by atoms with E-state index >= 15 is 0 Å². The molecule has 0 amide bonds. The summed E-state index contributed by atoms with van der Waals surface area (Å²) in [5.41, 5.74) is 0. The summed E-state index contributed by atoms with van der Waals surface area (Å²) in [4.78, 5) is 20.0. The van der Waals surface area contributed by atoms with E-state index in [4.69, 9.17) is 10.2 Å². The van der Waals surface area contributed by atoms with Crippen molar-refractivity contribution in [3.05, 3.63) is 0 Å². The van der Waals surface area contributed by atoms with Gasteiger partial charge < -0.3 is 10.2 Å². The smallest absolute Gasteiger partial charge is 0.304 e. The van der Waals surface area contributed by atoms with E-state index in [9.17, 15) is 9.59 Å². The van der Waals surface area contributed by atoms with Gasteiger partial charge in [0, 0.05) is 11.5 Å². The summed E-state index contributed by atoms with van der Waals surface area (Å²) in [6.45, 7) is 0. The molecular formula is C6H12O4S3. The molecule has 0 atom stereocenters. The van der Waals surface area contributed by atoms with Crippen molar-refractivity contribution in [3.63, 3.8) is 0 Å². The minimum absolute atomic E-state index is 0. The molecule has 0 aromatic heterocycles. The van der Waals surface area contributed by atoms with Crippen molar-refractivity contribution < 1.29 is 19.8 Å². The summed E-state index contributed by atoms with van der Waals surface area (Å²) in [5, 5.41) is 16.5. The van der Waals surface area contributed by atoms with Crippen LogP contribution in [0.25, 0.3) is 0 Å². The fourth-order valence-electron chi connectivity index (χ4n) is 0.376. The standard InChI is InChI=1S/C6H10O4S2.H2S/c7-5(8)1-3-11-12-4-2-6(9)10;/h1-4H2,(H,7,8)(H,9,10);1H2. The molecule has 0 aromatic carbocycles. The number of rotatable bonds is 7. The Morgan fingerprint density at radius 2 is 1.23 bits per heavy atom. The Balaban J connectivity index is 0. The molecule has 0 spiro atoms. The predicted octanol–water partition coefficient (Wildman–Crippen LogP) is 1.43. The summed E-state index contributed by atoms with van der Waals surface area (Å²) in [6, 6.07) is 0. The third-order valence-corrected chi connectivity index (χ3v) is 3.29. The minimum atomic E-state index is -0.818. The van der Waals surface area contributed by atoms with Crippen LogP contribution in [-0.2, 0) is 9.59 Å². The molecule has 0 aromatic rings. The van der Waals surface area contributed by atoms with Gasteiger partial charge in [0.1, 0.15) is 0 Å². The van der Waals surface area contributed by atoms with Crippen LogP contribution in [0.15, 0.2) is 0 Å². The monoisotopic (exact) mass is 244 g/mol. The highest BCUT2D eigenvalue weighted by atomic mass is 33.1. The number of hydrogen-bond acceptors (Lipinski definition) is 4. The lowest BCUT2D eigenvalue weighted by atomic mass is 10.5. The van der Waals surface area contributed by atoms with E-state index in [-0.39, 0.29) is 26.3 Å². The second-order valence-electron chi connectivity index (χ2n) is 1.93. The fraction of sp³-hybridized carbons (Fsp3) is 0.667. The van der Waals surface area contributed by atoms with Gasteiger partial charge in [-0.1, -0.05) is 21.6 Å². The lowest BCUT2D eigenvalue weighted by molar-refractivity contribution is -0.137. The van der Waals surface area contributed by atoms with E-state index in [2.05, 4.69) is 0 Å². The first-order chi connectivity index (χ1) is 5.63. The lowest BCUT2D eigenvalue weighted by Gasteiger charge is -1.95. The van der Waals surface area contributed by atoms with Crippen LogP contribution in [0.2, 0.25) is 0 Å². The van der Waals surface area contributed by atoms with Gasteiger partial charge in [-0.3, -0.25) is 9.59 Å². The molecule has 78 valence electrons. The maximum Gasteiger partial charge on any atom is 0.304 e. The maximum absolute atomic E-state index is 10.0. The van der Waals surface area contributed by atoms with Crippen molar-refractivity contribution >= 4 is 47.0 Å². The van der Waals surface area contributed by atoms with E-state index < -0.39 is 11.9 Å². The summed E-state index contributed by atoms with van der Waals surface area (Å²) in [6.07, 6.45) is 0.259. The summed E-state index contributed by atoms with van der Waals surface area (Å²) >= 11 is 0. The molecule has 13 heavy (non-hydrogen) atoms. The van der Waals surface area contributed by atoms with E-state index in [0.29, 0.717) is 11.5 Å². The van der Waals surface area contributed by atoms with Crippen LogP contribution in [0.5, 0.6) is 0 Å². The van der Waals surface area contributed by atoms with Gasteiger partial charge in [-0.25, -0.2) is 0 Å². The molecule has 0 radical (unpaired) electrons. The Labute approximate surface area is 91.3 Å². The molecule has 4 nitrogen and oxygen atoms in total. The van der Waals surface area contributed by atoms with Crippen molar-refractivity contribution in [1.82, 2.24) is 0 Å². The third-order valence-electron chi connectivity index (χ3n) is 0.882. The molecule has 0 saturated carbocycles. The van der Waals surface area contributed by atoms with Gasteiger partial charge in [0.05, 0.1) is 12.8 Å². The zero-order valence-electron chi connectivity index (χ0n) is 6.86. The van der Waals surface area contributed by atoms with Crippen LogP contribution in [0.3, 0.4) is 0 Å². The summed E-state index contributed by atoms with van der Waals surface area (Å²) in [5.74, 6) is -0.582. The van der Waals surface area contributed by atoms with E-state index in [1.165, 1.54) is 21.6 Å². The largest absolute Gasteiger partial charge is 0.481 e. The molecule has 2 N–H and O–H groups in total. The van der Waals surface area contributed by atoms with Crippen molar-refractivity contribution in [1.29, 1.82) is 0 Å². The van der Waals surface area contributed by atoms with Crippen molar-refractivity contribution in [2.24, 2.45) is 0 Å². The molecule has 0 unspecified atom stereocenters. The minimum Gasteiger partial charge on any atom is -0.481 e. The first-order valence-electron chi connectivity index (χ1n) is 3.31. The van der Waals surface area contributed by atoms with E-state index in [1.807, 2.05) is 0 Å². The van der Waals surface area contributed by atoms with Gasteiger partial charge in [0.25, 0.3) is 0 Å². The Hall–Kier alpha value is -0.0100. The van der Waals surface area contributed by atoms with Crippen LogP contribution >= 0.6 is 35.1 Å². The maximum atomic E-state index is 10.0. The SMILES string of the molecule is O=C(O)CCSSCCC(=O)O.S. The van der Waals surface area contributed by atoms with Crippen molar-refractivity contribution in [2.75, 3.05) is 11.5 Å². The highest BCUT2D eigenvalue weighted by Gasteiger charge is 1.99. The Morgan fingerprint density at radius 3 is 1.46 bits per heavy atom. The third kappa shape index (κ3) is 14.8. The van der Waals surface area contributed by atoms with Crippen LogP contribution in [0.4, 0.5) is 0 Å². The second kappa shape index (κ2) is 10.1. The number of carboxylic acids is 2. The molecule has 0 rings (SSSR count). The molecule has 0 bridgehead atoms. The van der Waals surface area contributed by atoms with Crippen molar-refractivity contribution in [3.8, 4) is 0 Å². The highest BCUT2D eigenvalue weighted by Crippen LogP contribution is 2.22. The topological polar surface area (TPSA) is 74.6 Å². The molecule has 0 fully saturated rings. The zero-order chi connectivity index (χ0) is 9.40. The quantitative estimate of drug-likeness (QED) is 0.521. The average Bonchev–Trinajstić information content (AvgIpc) is 1.95. The normalized spacial score (nSPS) is 8.92. The number of carbonyl (C=O) groups is 2. The number of aliphatic carboxylic acids is 2. The molecule has 0 aliphatic heterocycles. The van der Waals surface area contributed by atoms with Crippen LogP contribution < -0.4 is 0 Å². The van der Waals surface area contributed by atoms with Gasteiger partial charge in [0.2, 0.25) is 0 Å². The van der Waals surface area contributed by atoms with E-state index in [0.717, 1.165) is 0 Å².